The summed E-state index contributed by atoms with van der Waals surface area (Å²) in [6, 6.07) is 0. The number of rotatable bonds is 3. The van der Waals surface area contributed by atoms with Crippen molar-refractivity contribution in [2.45, 2.75) is 25.5 Å². The zero-order chi connectivity index (χ0) is 8.91. The highest BCUT2D eigenvalue weighted by atomic mass is 33.1. The average molecular weight is 181 g/mol. The van der Waals surface area contributed by atoms with Gasteiger partial charge < -0.3 is 4.74 Å². The van der Waals surface area contributed by atoms with Crippen LogP contribution in [0.5, 0.6) is 0 Å². The Labute approximate surface area is 71.9 Å². The first kappa shape index (κ1) is 8.27. The number of hydrogen-bond acceptors (Lipinski definition) is 4. The molecule has 0 saturated heterocycles. The lowest BCUT2D eigenvalue weighted by molar-refractivity contribution is -0.141. The highest BCUT2D eigenvalue weighted by Gasteiger charge is 2.17. The first-order valence-corrected chi connectivity index (χ1v) is 4.66. The number of hydrogen-bond donors (Lipinski definition) is 1. The first-order valence-electron chi connectivity index (χ1n) is 3.50. The fourth-order valence-corrected chi connectivity index (χ4v) is 0.550. The first-order chi connectivity index (χ1) is 5.02. The fourth-order valence-electron chi connectivity index (χ4n) is 0.281. The summed E-state index contributed by atoms with van der Waals surface area (Å²) in [4.78, 5) is 10.5. The van der Waals surface area contributed by atoms with Gasteiger partial charge in [-0.3, -0.25) is 4.79 Å². The van der Waals surface area contributed by atoms with E-state index in [4.69, 9.17) is 6.11 Å². The predicted molar refractivity (Wildman–Crippen MR) is 47.3 cm³/mol. The lowest BCUT2D eigenvalue weighted by Gasteiger charge is -2.19. The fraction of sp³-hybridized carbons (Fsp3) is 0.833. The molecule has 0 aliphatic heterocycles. The minimum absolute atomic E-state index is 0.173. The van der Waals surface area contributed by atoms with Gasteiger partial charge in [0.1, 0.15) is 6.61 Å². The van der Waals surface area contributed by atoms with Crippen LogP contribution in [-0.2, 0) is 9.53 Å². The Hall–Kier alpha value is 0.170. The molecule has 0 aromatic carbocycles. The van der Waals surface area contributed by atoms with Gasteiger partial charge in [0.25, 0.3) is 0 Å². The van der Waals surface area contributed by atoms with E-state index in [2.05, 4.69) is 11.7 Å². The Morgan fingerprint density at radius 1 is 1.90 bits per heavy atom. The van der Waals surface area contributed by atoms with Crippen LogP contribution in [-0.4, -0.2) is 17.3 Å². The van der Waals surface area contributed by atoms with Gasteiger partial charge in [0.2, 0.25) is 0 Å². The Morgan fingerprint density at radius 3 is 2.90 bits per heavy atom. The molecule has 60 valence electrons. The second-order valence-corrected chi connectivity index (χ2v) is 4.35. The van der Waals surface area contributed by atoms with Crippen LogP contribution in [0, 0.1) is 0 Å². The topological polar surface area (TPSA) is 26.3 Å². The Morgan fingerprint density at radius 2 is 2.50 bits per heavy atom. The maximum absolute atomic E-state index is 10.5. The highest BCUT2D eigenvalue weighted by molar-refractivity contribution is 8.69. The third kappa shape index (κ3) is 4.99. The standard InChI is InChI=1S/C6H12O2S2/c1-5(7)8-4-6(2,3)10-9/h9H,4H2,1-3H3/i1D. The van der Waals surface area contributed by atoms with Gasteiger partial charge in [-0.2, -0.15) is 0 Å². The molecular formula is C6H12O2S2. The highest BCUT2D eigenvalue weighted by Crippen LogP contribution is 2.27. The van der Waals surface area contributed by atoms with Crippen molar-refractivity contribution in [2.24, 2.45) is 0 Å². The molecule has 0 heterocycles. The quantitative estimate of drug-likeness (QED) is 0.409. The monoisotopic (exact) mass is 181 g/mol. The van der Waals surface area contributed by atoms with Gasteiger partial charge in [0.05, 0.1) is 4.75 Å². The Kier molecular flexibility index (Phi) is 3.42. The molecule has 0 radical (unpaired) electrons. The normalized spacial score (nSPS) is 12.5. The molecule has 0 amide bonds. The summed E-state index contributed by atoms with van der Waals surface area (Å²) in [5.74, 6) is -0.486. The van der Waals surface area contributed by atoms with E-state index >= 15 is 0 Å². The summed E-state index contributed by atoms with van der Waals surface area (Å²) < 4.78 is 11.3. The van der Waals surface area contributed by atoms with Crippen molar-refractivity contribution in [3.05, 3.63) is 0 Å². The molecule has 0 aromatic heterocycles. The van der Waals surface area contributed by atoms with Crippen molar-refractivity contribution in [1.29, 1.82) is 0 Å². The summed E-state index contributed by atoms with van der Waals surface area (Å²) in [6.07, 6.45) is 0. The van der Waals surface area contributed by atoms with Crippen LogP contribution < -0.4 is 0 Å². The maximum Gasteiger partial charge on any atom is 0.302 e. The number of esters is 1. The van der Waals surface area contributed by atoms with Gasteiger partial charge in [0, 0.05) is 8.27 Å². The molecule has 0 aliphatic rings. The minimum Gasteiger partial charge on any atom is -0.464 e. The summed E-state index contributed by atoms with van der Waals surface area (Å²) in [5, 5.41) is 0. The molecule has 0 saturated carbocycles. The molecule has 0 bridgehead atoms. The third-order valence-corrected chi connectivity index (χ3v) is 2.92. The van der Waals surface area contributed by atoms with Gasteiger partial charge in [-0.05, 0) is 13.8 Å². The molecule has 0 aliphatic carbocycles. The number of carbonyl (C=O) groups excluding carboxylic acids is 1. The van der Waals surface area contributed by atoms with Crippen molar-refractivity contribution in [2.75, 3.05) is 6.61 Å². The Balaban J connectivity index is 3.61. The molecule has 0 spiro atoms. The SMILES string of the molecule is [2H]CC(=O)OCC(C)(C)SS. The van der Waals surface area contributed by atoms with Crippen LogP contribution in [0.4, 0.5) is 0 Å². The van der Waals surface area contributed by atoms with Gasteiger partial charge in [-0.1, -0.05) is 10.8 Å². The molecule has 0 N–H and O–H groups in total. The van der Waals surface area contributed by atoms with Gasteiger partial charge in [0.15, 0.2) is 0 Å². The van der Waals surface area contributed by atoms with E-state index in [9.17, 15) is 4.79 Å². The summed E-state index contributed by atoms with van der Waals surface area (Å²) in [6.45, 7) is 3.83. The largest absolute Gasteiger partial charge is 0.464 e. The van der Waals surface area contributed by atoms with E-state index in [-0.39, 0.29) is 11.6 Å². The van der Waals surface area contributed by atoms with Crippen LogP contribution in [0.3, 0.4) is 0 Å². The number of carbonyl (C=O) groups is 1. The van der Waals surface area contributed by atoms with Crippen molar-refractivity contribution in [1.82, 2.24) is 0 Å². The van der Waals surface area contributed by atoms with E-state index in [1.54, 1.807) is 0 Å². The summed E-state index contributed by atoms with van der Waals surface area (Å²) in [5.41, 5.74) is 0. The van der Waals surface area contributed by atoms with Crippen molar-refractivity contribution in [3.63, 3.8) is 0 Å². The van der Waals surface area contributed by atoms with E-state index in [0.717, 1.165) is 0 Å². The molecule has 4 heteroatoms. The summed E-state index contributed by atoms with van der Waals surface area (Å²) >= 11 is 4.01. The lowest BCUT2D eigenvalue weighted by atomic mass is 10.2. The molecule has 0 unspecified atom stereocenters. The predicted octanol–water partition coefficient (Wildman–Crippen LogP) is 1.91. The van der Waals surface area contributed by atoms with E-state index in [1.807, 2.05) is 13.8 Å². The Bertz CT molecular complexity index is 139. The van der Waals surface area contributed by atoms with Crippen LogP contribution in [0.1, 0.15) is 22.1 Å². The zero-order valence-electron chi connectivity index (χ0n) is 7.09. The second-order valence-electron chi connectivity index (χ2n) is 2.51. The van der Waals surface area contributed by atoms with E-state index in [1.165, 1.54) is 10.8 Å². The average Bonchev–Trinajstić information content (AvgIpc) is 2.00. The smallest absolute Gasteiger partial charge is 0.302 e. The second kappa shape index (κ2) is 4.13. The molecule has 0 fully saturated rings. The van der Waals surface area contributed by atoms with Gasteiger partial charge in [-0.15, -0.1) is 11.7 Å². The van der Waals surface area contributed by atoms with Crippen molar-refractivity contribution < 1.29 is 10.9 Å². The molecule has 0 aromatic rings. The zero-order valence-corrected chi connectivity index (χ0v) is 7.80. The van der Waals surface area contributed by atoms with Crippen LogP contribution >= 0.6 is 22.5 Å². The molecule has 2 nitrogen and oxygen atoms in total. The third-order valence-electron chi connectivity index (χ3n) is 0.828. The molecule has 0 rings (SSSR count). The van der Waals surface area contributed by atoms with E-state index < -0.39 is 5.97 Å². The summed E-state index contributed by atoms with van der Waals surface area (Å²) in [7, 11) is 1.34. The van der Waals surface area contributed by atoms with Crippen LogP contribution in [0.25, 0.3) is 0 Å². The maximum atomic E-state index is 10.5. The molecule has 10 heavy (non-hydrogen) atoms. The van der Waals surface area contributed by atoms with Gasteiger partial charge >= 0.3 is 5.97 Å². The number of ether oxygens (including phenoxy) is 1. The van der Waals surface area contributed by atoms with E-state index in [0.29, 0.717) is 6.61 Å². The van der Waals surface area contributed by atoms with Crippen molar-refractivity contribution in [3.8, 4) is 0 Å². The molecule has 0 atom stereocenters. The molecular weight excluding hydrogens is 168 g/mol. The van der Waals surface area contributed by atoms with Crippen molar-refractivity contribution >= 4 is 28.4 Å². The van der Waals surface area contributed by atoms with Gasteiger partial charge in [-0.25, -0.2) is 0 Å². The minimum atomic E-state index is -0.486. The van der Waals surface area contributed by atoms with Crippen LogP contribution in [0.2, 0.25) is 0 Å². The van der Waals surface area contributed by atoms with Crippen LogP contribution in [0.15, 0.2) is 0 Å². The number of thiol groups is 1. The lowest BCUT2D eigenvalue weighted by Crippen LogP contribution is -2.22.